The number of aromatic amines is 1. The van der Waals surface area contributed by atoms with E-state index in [9.17, 15) is 10.1 Å². The first kappa shape index (κ1) is 13.2. The van der Waals surface area contributed by atoms with Crippen LogP contribution in [0.4, 0.5) is 5.00 Å². The van der Waals surface area contributed by atoms with Crippen LogP contribution in [-0.2, 0) is 13.0 Å². The number of H-pyrrole nitrogens is 1. The molecular weight excluding hydrogens is 296 g/mol. The second-order valence-electron chi connectivity index (χ2n) is 4.43. The first-order valence-electron chi connectivity index (χ1n) is 6.09. The average Bonchev–Trinajstić information content (AvgIpc) is 3.01. The molecule has 3 rings (SSSR count). The molecule has 0 saturated carbocycles. The zero-order chi connectivity index (χ0) is 14.1. The minimum absolute atomic E-state index is 0.292. The predicted octanol–water partition coefficient (Wildman–Crippen LogP) is 2.50. The number of hydrogen-bond donors (Lipinski definition) is 3. The lowest BCUT2D eigenvalue weighted by molar-refractivity contribution is 0.102. The van der Waals surface area contributed by atoms with Crippen molar-refractivity contribution >= 4 is 33.8 Å². The molecule has 0 aliphatic carbocycles. The van der Waals surface area contributed by atoms with Crippen LogP contribution < -0.4 is 10.6 Å². The van der Waals surface area contributed by atoms with Gasteiger partial charge in [0.1, 0.15) is 16.8 Å². The molecule has 0 radical (unpaired) electrons. The number of rotatable bonds is 2. The standard InChI is InChI=1S/C13H11ClN4OS/c14-7-3-10(17-5-7)12(19)18-13-9(4-15)8-1-2-16-6-11(8)20-13/h3,5,16-17H,1-2,6H2,(H,18,19). The Bertz CT molecular complexity index is 713. The van der Waals surface area contributed by atoms with Gasteiger partial charge in [0.05, 0.1) is 10.6 Å². The number of hydrogen-bond acceptors (Lipinski definition) is 4. The molecule has 0 unspecified atom stereocenters. The highest BCUT2D eigenvalue weighted by molar-refractivity contribution is 7.16. The normalized spacial score (nSPS) is 13.6. The Morgan fingerprint density at radius 2 is 2.40 bits per heavy atom. The molecule has 102 valence electrons. The maximum atomic E-state index is 12.1. The Balaban J connectivity index is 1.89. The van der Waals surface area contributed by atoms with Crippen LogP contribution in [0.25, 0.3) is 0 Å². The molecule has 0 saturated heterocycles. The number of fused-ring (bicyclic) bond motifs is 1. The van der Waals surface area contributed by atoms with E-state index < -0.39 is 0 Å². The lowest BCUT2D eigenvalue weighted by Crippen LogP contribution is -2.22. The fourth-order valence-corrected chi connectivity index (χ4v) is 3.54. The van der Waals surface area contributed by atoms with E-state index in [1.807, 2.05) is 0 Å². The van der Waals surface area contributed by atoms with Crippen LogP contribution >= 0.6 is 22.9 Å². The summed E-state index contributed by atoms with van der Waals surface area (Å²) >= 11 is 7.23. The van der Waals surface area contributed by atoms with Gasteiger partial charge in [-0.05, 0) is 24.6 Å². The molecule has 5 nitrogen and oxygen atoms in total. The number of carbonyl (C=O) groups excluding carboxylic acids is 1. The fraction of sp³-hybridized carbons (Fsp3) is 0.231. The van der Waals surface area contributed by atoms with E-state index >= 15 is 0 Å². The predicted molar refractivity (Wildman–Crippen MR) is 78.2 cm³/mol. The topological polar surface area (TPSA) is 80.7 Å². The van der Waals surface area contributed by atoms with Crippen molar-refractivity contribution in [3.63, 3.8) is 0 Å². The number of nitrogens with one attached hydrogen (secondary N) is 3. The molecule has 1 amide bonds. The molecule has 2 aromatic rings. The zero-order valence-corrected chi connectivity index (χ0v) is 12.0. The molecule has 0 aromatic carbocycles. The van der Waals surface area contributed by atoms with Gasteiger partial charge in [-0.25, -0.2) is 0 Å². The van der Waals surface area contributed by atoms with Crippen molar-refractivity contribution in [1.29, 1.82) is 5.26 Å². The molecule has 3 N–H and O–H groups in total. The van der Waals surface area contributed by atoms with E-state index in [0.29, 0.717) is 21.3 Å². The van der Waals surface area contributed by atoms with Gasteiger partial charge < -0.3 is 15.6 Å². The van der Waals surface area contributed by atoms with Crippen LogP contribution in [0.5, 0.6) is 0 Å². The fourth-order valence-electron chi connectivity index (χ4n) is 2.21. The number of carbonyl (C=O) groups is 1. The summed E-state index contributed by atoms with van der Waals surface area (Å²) in [5.41, 5.74) is 2.01. The number of anilines is 1. The summed E-state index contributed by atoms with van der Waals surface area (Å²) in [4.78, 5) is 16.0. The second kappa shape index (κ2) is 5.29. The van der Waals surface area contributed by atoms with Gasteiger partial charge in [0.25, 0.3) is 5.91 Å². The molecule has 0 fully saturated rings. The smallest absolute Gasteiger partial charge is 0.272 e. The first-order chi connectivity index (χ1) is 9.69. The number of amides is 1. The Morgan fingerprint density at radius 3 is 3.10 bits per heavy atom. The molecule has 3 heterocycles. The molecule has 2 aromatic heterocycles. The summed E-state index contributed by atoms with van der Waals surface area (Å²) in [6.07, 6.45) is 2.37. The summed E-state index contributed by atoms with van der Waals surface area (Å²) in [6, 6.07) is 3.75. The van der Waals surface area contributed by atoms with Gasteiger partial charge in [-0.15, -0.1) is 11.3 Å². The van der Waals surface area contributed by atoms with Crippen LogP contribution in [0.1, 0.15) is 26.5 Å². The van der Waals surface area contributed by atoms with E-state index in [-0.39, 0.29) is 5.91 Å². The van der Waals surface area contributed by atoms with Crippen LogP contribution in [0, 0.1) is 11.3 Å². The van der Waals surface area contributed by atoms with Gasteiger partial charge >= 0.3 is 0 Å². The van der Waals surface area contributed by atoms with Gasteiger partial charge in [0.15, 0.2) is 0 Å². The van der Waals surface area contributed by atoms with E-state index in [4.69, 9.17) is 11.6 Å². The van der Waals surface area contributed by atoms with Crippen LogP contribution in [-0.4, -0.2) is 17.4 Å². The quantitative estimate of drug-likeness (QED) is 0.797. The molecule has 1 aliphatic rings. The lowest BCUT2D eigenvalue weighted by atomic mass is 10.1. The summed E-state index contributed by atoms with van der Waals surface area (Å²) < 4.78 is 0. The van der Waals surface area contributed by atoms with Gasteiger partial charge in [0.2, 0.25) is 0 Å². The van der Waals surface area contributed by atoms with Gasteiger partial charge in [-0.1, -0.05) is 11.6 Å². The van der Waals surface area contributed by atoms with Crippen molar-refractivity contribution in [2.75, 3.05) is 11.9 Å². The monoisotopic (exact) mass is 306 g/mol. The summed E-state index contributed by atoms with van der Waals surface area (Å²) in [5.74, 6) is -0.292. The third-order valence-electron chi connectivity index (χ3n) is 3.16. The van der Waals surface area contributed by atoms with Crippen molar-refractivity contribution in [1.82, 2.24) is 10.3 Å². The highest BCUT2D eigenvalue weighted by atomic mass is 35.5. The number of nitrogens with zero attached hydrogens (tertiary/aromatic N) is 1. The van der Waals surface area contributed by atoms with Crippen molar-refractivity contribution in [2.24, 2.45) is 0 Å². The molecule has 0 atom stereocenters. The molecule has 7 heteroatoms. The summed E-state index contributed by atoms with van der Waals surface area (Å²) in [6.45, 7) is 1.61. The molecule has 0 spiro atoms. The highest BCUT2D eigenvalue weighted by Gasteiger charge is 2.22. The third kappa shape index (κ3) is 2.31. The van der Waals surface area contributed by atoms with Crippen molar-refractivity contribution < 1.29 is 4.79 Å². The van der Waals surface area contributed by atoms with E-state index in [1.54, 1.807) is 12.3 Å². The number of thiophene rings is 1. The SMILES string of the molecule is N#Cc1c(NC(=O)c2cc(Cl)c[nH]2)sc2c1CCNC2. The minimum atomic E-state index is -0.292. The van der Waals surface area contributed by atoms with E-state index in [1.165, 1.54) is 11.3 Å². The van der Waals surface area contributed by atoms with Crippen LogP contribution in [0.2, 0.25) is 5.02 Å². The molecule has 0 bridgehead atoms. The Labute approximate surface area is 124 Å². The lowest BCUT2D eigenvalue weighted by Gasteiger charge is -2.11. The summed E-state index contributed by atoms with van der Waals surface area (Å²) in [5, 5.41) is 16.4. The Hall–Kier alpha value is -1.81. The first-order valence-corrected chi connectivity index (χ1v) is 7.29. The summed E-state index contributed by atoms with van der Waals surface area (Å²) in [7, 11) is 0. The Morgan fingerprint density at radius 1 is 1.55 bits per heavy atom. The number of aromatic nitrogens is 1. The largest absolute Gasteiger partial charge is 0.356 e. The minimum Gasteiger partial charge on any atom is -0.356 e. The van der Waals surface area contributed by atoms with Gasteiger partial charge in [-0.2, -0.15) is 5.26 Å². The maximum Gasteiger partial charge on any atom is 0.272 e. The highest BCUT2D eigenvalue weighted by Crippen LogP contribution is 2.35. The van der Waals surface area contributed by atoms with Crippen molar-refractivity contribution in [3.05, 3.63) is 39.0 Å². The third-order valence-corrected chi connectivity index (χ3v) is 4.52. The average molecular weight is 307 g/mol. The maximum absolute atomic E-state index is 12.1. The van der Waals surface area contributed by atoms with Crippen molar-refractivity contribution in [2.45, 2.75) is 13.0 Å². The molecular formula is C13H11ClN4OS. The Kier molecular flexibility index (Phi) is 3.49. The van der Waals surface area contributed by atoms with Crippen molar-refractivity contribution in [3.8, 4) is 6.07 Å². The van der Waals surface area contributed by atoms with Crippen LogP contribution in [0.3, 0.4) is 0 Å². The molecule has 1 aliphatic heterocycles. The number of halogens is 1. The zero-order valence-electron chi connectivity index (χ0n) is 10.4. The number of nitriles is 1. The van der Waals surface area contributed by atoms with E-state index in [0.717, 1.165) is 30.0 Å². The van der Waals surface area contributed by atoms with Gasteiger partial charge in [0, 0.05) is 17.6 Å². The van der Waals surface area contributed by atoms with E-state index in [2.05, 4.69) is 21.7 Å². The van der Waals surface area contributed by atoms with Gasteiger partial charge in [-0.3, -0.25) is 4.79 Å². The molecule has 20 heavy (non-hydrogen) atoms. The second-order valence-corrected chi connectivity index (χ2v) is 5.97. The van der Waals surface area contributed by atoms with Crippen LogP contribution in [0.15, 0.2) is 12.3 Å².